The summed E-state index contributed by atoms with van der Waals surface area (Å²) in [6.07, 6.45) is 11.9. The van der Waals surface area contributed by atoms with Crippen LogP contribution in [0.4, 0.5) is 0 Å². The van der Waals surface area contributed by atoms with Gasteiger partial charge in [0.05, 0.1) is 24.4 Å². The van der Waals surface area contributed by atoms with E-state index in [0.29, 0.717) is 38.1 Å². The molecule has 0 radical (unpaired) electrons. The van der Waals surface area contributed by atoms with Gasteiger partial charge < -0.3 is 25.2 Å². The Kier molecular flexibility index (Phi) is 9.11. The van der Waals surface area contributed by atoms with E-state index in [1.165, 1.54) is 0 Å². The molecule has 2 bridgehead atoms. The fraction of sp³-hybridized carbons (Fsp3) is 0.595. The van der Waals surface area contributed by atoms with Gasteiger partial charge in [-0.05, 0) is 79.7 Å². The summed E-state index contributed by atoms with van der Waals surface area (Å²) in [6.45, 7) is 6.23. The van der Waals surface area contributed by atoms with Gasteiger partial charge in [0.25, 0.3) is 0 Å². The number of Topliss-reactive ketones (excluding diaryl/α,β-unsaturated/α-hetero) is 1. The van der Waals surface area contributed by atoms with Crippen molar-refractivity contribution in [3.8, 4) is 11.1 Å². The molecule has 264 valence electrons. The van der Waals surface area contributed by atoms with E-state index >= 15 is 4.79 Å². The van der Waals surface area contributed by atoms with Crippen molar-refractivity contribution >= 4 is 5.78 Å². The first kappa shape index (κ1) is 34.8. The molecule has 7 heteroatoms. The van der Waals surface area contributed by atoms with Crippen LogP contribution >= 0.6 is 0 Å². The van der Waals surface area contributed by atoms with E-state index in [1.54, 1.807) is 7.11 Å². The number of hydrogen-bond donors (Lipinski definition) is 4. The molecule has 49 heavy (non-hydrogen) atoms. The second-order valence-corrected chi connectivity index (χ2v) is 16.5. The number of benzene rings is 2. The van der Waals surface area contributed by atoms with E-state index in [1.807, 2.05) is 42.5 Å². The third-order valence-electron chi connectivity index (χ3n) is 14.2. The number of nitrogens with zero attached hydrogens (tertiary/aromatic N) is 1. The monoisotopic (exact) mass is 669 g/mol. The van der Waals surface area contributed by atoms with Crippen molar-refractivity contribution < 1.29 is 30.0 Å². The van der Waals surface area contributed by atoms with Crippen LogP contribution in [0.1, 0.15) is 75.6 Å². The van der Waals surface area contributed by atoms with Gasteiger partial charge in [-0.15, -0.1) is 0 Å². The Morgan fingerprint density at radius 2 is 1.65 bits per heavy atom. The number of fused-ring (bicyclic) bond motifs is 1. The number of carbonyl (C=O) groups excluding carboxylic acids is 1. The maximum atomic E-state index is 15.3. The van der Waals surface area contributed by atoms with Crippen LogP contribution in [0.15, 0.2) is 78.4 Å². The average Bonchev–Trinajstić information content (AvgIpc) is 3.38. The maximum Gasteiger partial charge on any atom is 0.190 e. The standard InChI is InChI=1S/C42H55NO6/c1-38-17-14-30(45)24-40(38)20-21-42(34(25-40)37(47)33-13-8-7-12-32(33)29-10-5-4-6-11-29)35(38)15-18-39(2)36(42)16-19-41(39,48)28-43(22-9-23-49-3)26-31(46)27-44/h4-8,10-13,20-21,25,30-31,35-36,44-46,48H,9,14-19,22-24,26-28H2,1-3H3. The number of ether oxygens (including phenoxy) is 1. The molecule has 4 N–H and O–H groups in total. The summed E-state index contributed by atoms with van der Waals surface area (Å²) in [5.74, 6) is 0.298. The number of methoxy groups -OCH3 is 1. The molecule has 6 aliphatic rings. The van der Waals surface area contributed by atoms with Crippen molar-refractivity contribution in [1.82, 2.24) is 4.90 Å². The molecular weight excluding hydrogens is 614 g/mol. The predicted octanol–water partition coefficient (Wildman–Crippen LogP) is 5.82. The van der Waals surface area contributed by atoms with Gasteiger partial charge in [-0.1, -0.05) is 86.7 Å². The Hall–Kier alpha value is -2.65. The number of carbonyl (C=O) groups is 1. The molecular formula is C42H55NO6. The third-order valence-corrected chi connectivity index (χ3v) is 14.2. The van der Waals surface area contributed by atoms with Crippen LogP contribution < -0.4 is 0 Å². The number of aliphatic hydroxyl groups excluding tert-OH is 3. The summed E-state index contributed by atoms with van der Waals surface area (Å²) in [7, 11) is 1.68. The maximum absolute atomic E-state index is 15.3. The molecule has 7 nitrogen and oxygen atoms in total. The Labute approximate surface area is 291 Å². The van der Waals surface area contributed by atoms with Crippen LogP contribution in [0, 0.1) is 33.5 Å². The highest BCUT2D eigenvalue weighted by Gasteiger charge is 2.74. The summed E-state index contributed by atoms with van der Waals surface area (Å²) < 4.78 is 5.32. The minimum absolute atomic E-state index is 0.0321. The van der Waals surface area contributed by atoms with E-state index in [-0.39, 0.29) is 36.2 Å². The van der Waals surface area contributed by atoms with E-state index < -0.39 is 34.1 Å². The minimum atomic E-state index is -1.04. The van der Waals surface area contributed by atoms with Crippen molar-refractivity contribution in [1.29, 1.82) is 0 Å². The predicted molar refractivity (Wildman–Crippen MR) is 191 cm³/mol. The fourth-order valence-corrected chi connectivity index (χ4v) is 11.7. The summed E-state index contributed by atoms with van der Waals surface area (Å²) in [4.78, 5) is 17.4. The van der Waals surface area contributed by atoms with Gasteiger partial charge in [0.15, 0.2) is 5.78 Å². The van der Waals surface area contributed by atoms with Crippen LogP contribution in [0.3, 0.4) is 0 Å². The molecule has 0 saturated heterocycles. The normalized spacial score (nSPS) is 38.1. The lowest BCUT2D eigenvalue weighted by molar-refractivity contribution is -0.177. The smallest absolute Gasteiger partial charge is 0.190 e. The highest BCUT2D eigenvalue weighted by atomic mass is 16.5. The lowest BCUT2D eigenvalue weighted by Gasteiger charge is -2.71. The molecule has 6 aliphatic carbocycles. The molecule has 9 atom stereocenters. The molecule has 8 rings (SSSR count). The van der Waals surface area contributed by atoms with Gasteiger partial charge in [0, 0.05) is 60.7 Å². The lowest BCUT2D eigenvalue weighted by atomic mass is 9.32. The van der Waals surface area contributed by atoms with Crippen LogP contribution in [-0.2, 0) is 4.74 Å². The highest BCUT2D eigenvalue weighted by molar-refractivity contribution is 6.14. The van der Waals surface area contributed by atoms with E-state index in [2.05, 4.69) is 49.1 Å². The summed E-state index contributed by atoms with van der Waals surface area (Å²) in [5, 5.41) is 44.1. The van der Waals surface area contributed by atoms with Gasteiger partial charge in [-0.3, -0.25) is 9.69 Å². The fourth-order valence-electron chi connectivity index (χ4n) is 11.7. The second-order valence-electron chi connectivity index (χ2n) is 16.5. The van der Waals surface area contributed by atoms with Gasteiger partial charge in [-0.2, -0.15) is 0 Å². The topological polar surface area (TPSA) is 110 Å². The van der Waals surface area contributed by atoms with Crippen LogP contribution in [0.2, 0.25) is 0 Å². The van der Waals surface area contributed by atoms with Crippen molar-refractivity contribution in [2.45, 2.75) is 83.0 Å². The van der Waals surface area contributed by atoms with Crippen molar-refractivity contribution in [3.63, 3.8) is 0 Å². The second kappa shape index (κ2) is 12.8. The third kappa shape index (κ3) is 5.25. The first-order valence-electron chi connectivity index (χ1n) is 18.5. The quantitative estimate of drug-likeness (QED) is 0.128. The Morgan fingerprint density at radius 3 is 2.41 bits per heavy atom. The molecule has 3 saturated carbocycles. The lowest BCUT2D eigenvalue weighted by Crippen LogP contribution is -2.67. The number of ketones is 1. The first-order chi connectivity index (χ1) is 23.5. The van der Waals surface area contributed by atoms with Crippen LogP contribution in [-0.4, -0.2) is 88.9 Å². The highest BCUT2D eigenvalue weighted by Crippen LogP contribution is 2.78. The van der Waals surface area contributed by atoms with Crippen molar-refractivity contribution in [3.05, 3.63) is 84.0 Å². The van der Waals surface area contributed by atoms with Gasteiger partial charge in [0.1, 0.15) is 0 Å². The molecule has 3 fully saturated rings. The molecule has 2 spiro atoms. The Bertz CT molecular complexity index is 1610. The zero-order valence-electron chi connectivity index (χ0n) is 29.5. The van der Waals surface area contributed by atoms with Crippen LogP contribution in [0.25, 0.3) is 11.1 Å². The summed E-state index contributed by atoms with van der Waals surface area (Å²) >= 11 is 0. The van der Waals surface area contributed by atoms with E-state index in [9.17, 15) is 20.4 Å². The number of aliphatic hydroxyl groups is 4. The largest absolute Gasteiger partial charge is 0.394 e. The minimum Gasteiger partial charge on any atom is -0.394 e. The zero-order valence-corrected chi connectivity index (χ0v) is 29.5. The molecule has 2 aromatic rings. The number of allylic oxidation sites excluding steroid dienone is 4. The van der Waals surface area contributed by atoms with Crippen molar-refractivity contribution in [2.24, 2.45) is 33.5 Å². The van der Waals surface area contributed by atoms with Crippen molar-refractivity contribution in [2.75, 3.05) is 40.0 Å². The number of rotatable bonds is 12. The number of hydrogen-bond acceptors (Lipinski definition) is 7. The van der Waals surface area contributed by atoms with Gasteiger partial charge in [-0.25, -0.2) is 0 Å². The first-order valence-corrected chi connectivity index (χ1v) is 18.5. The molecule has 2 aromatic carbocycles. The Morgan fingerprint density at radius 1 is 0.959 bits per heavy atom. The van der Waals surface area contributed by atoms with Gasteiger partial charge >= 0.3 is 0 Å². The van der Waals surface area contributed by atoms with Gasteiger partial charge in [0.2, 0.25) is 0 Å². The van der Waals surface area contributed by atoms with E-state index in [4.69, 9.17) is 4.74 Å². The molecule has 0 aliphatic heterocycles. The molecule has 0 amide bonds. The van der Waals surface area contributed by atoms with Crippen LogP contribution in [0.5, 0.6) is 0 Å². The summed E-state index contributed by atoms with van der Waals surface area (Å²) in [6, 6.07) is 18.1. The van der Waals surface area contributed by atoms with E-state index in [0.717, 1.165) is 55.2 Å². The molecule has 0 heterocycles. The zero-order chi connectivity index (χ0) is 34.7. The average molecular weight is 670 g/mol. The SMILES string of the molecule is COCCCN(CC(O)CO)CC1(O)CCC2C34C=CC5(C=C3C(=O)c3ccccc3-c3ccccc3)CC(O)CCC5(C)C4CCC21C. The molecule has 0 aromatic heterocycles. The summed E-state index contributed by atoms with van der Waals surface area (Å²) in [5.41, 5.74) is 0.894. The molecule has 9 unspecified atom stereocenters. The Balaban J connectivity index is 1.33.